The number of hydrogen-bond donors (Lipinski definition) is 1. The molecule has 0 atom stereocenters. The summed E-state index contributed by atoms with van der Waals surface area (Å²) in [5, 5.41) is 3.95. The van der Waals surface area contributed by atoms with Crippen LogP contribution < -0.4 is 10.2 Å². The first-order valence-electron chi connectivity index (χ1n) is 6.82. The highest BCUT2D eigenvalue weighted by atomic mass is 79.9. The lowest BCUT2D eigenvalue weighted by Crippen LogP contribution is -2.24. The molecule has 0 aromatic heterocycles. The number of benzene rings is 2. The number of rotatable bonds is 5. The Morgan fingerprint density at radius 2 is 2.09 bits per heavy atom. The quantitative estimate of drug-likeness (QED) is 0.654. The largest absolute Gasteiger partial charge is 0.484 e. The van der Waals surface area contributed by atoms with Crippen molar-refractivity contribution in [1.29, 1.82) is 0 Å². The summed E-state index contributed by atoms with van der Waals surface area (Å²) in [6.07, 6.45) is 1.63. The van der Waals surface area contributed by atoms with E-state index in [0.717, 1.165) is 15.6 Å². The number of amides is 1. The van der Waals surface area contributed by atoms with Gasteiger partial charge in [-0.05, 0) is 43.2 Å². The van der Waals surface area contributed by atoms with E-state index in [1.807, 2.05) is 38.1 Å². The summed E-state index contributed by atoms with van der Waals surface area (Å²) in [6.45, 7) is 3.96. The van der Waals surface area contributed by atoms with E-state index in [0.29, 0.717) is 5.75 Å². The molecule has 0 aliphatic heterocycles. The molecule has 2 rings (SSSR count). The highest BCUT2D eigenvalue weighted by Gasteiger charge is 2.02. The second-order valence-corrected chi connectivity index (χ2v) is 5.81. The monoisotopic (exact) mass is 360 g/mol. The van der Waals surface area contributed by atoms with Crippen molar-refractivity contribution in [2.45, 2.75) is 13.8 Å². The second kappa shape index (κ2) is 7.75. The minimum atomic E-state index is -0.305. The molecule has 0 fully saturated rings. The number of nitrogens with zero attached hydrogens (tertiary/aromatic N) is 1. The van der Waals surface area contributed by atoms with Gasteiger partial charge in [0.05, 0.1) is 6.21 Å². The highest BCUT2D eigenvalue weighted by Crippen LogP contribution is 2.17. The molecule has 5 heteroatoms. The minimum absolute atomic E-state index is 0.0827. The van der Waals surface area contributed by atoms with Crippen LogP contribution in [-0.2, 0) is 4.79 Å². The van der Waals surface area contributed by atoms with Crippen molar-refractivity contribution in [2.75, 3.05) is 6.61 Å². The van der Waals surface area contributed by atoms with E-state index in [1.165, 1.54) is 5.56 Å². The molecule has 2 aromatic rings. The topological polar surface area (TPSA) is 50.7 Å². The van der Waals surface area contributed by atoms with E-state index >= 15 is 0 Å². The third kappa shape index (κ3) is 5.00. The Bertz CT molecular complexity index is 699. The number of hydrazone groups is 1. The van der Waals surface area contributed by atoms with E-state index < -0.39 is 0 Å². The first-order chi connectivity index (χ1) is 10.5. The summed E-state index contributed by atoms with van der Waals surface area (Å²) < 4.78 is 6.28. The van der Waals surface area contributed by atoms with Gasteiger partial charge in [-0.1, -0.05) is 45.8 Å². The Morgan fingerprint density at radius 1 is 1.27 bits per heavy atom. The molecule has 2 aromatic carbocycles. The van der Waals surface area contributed by atoms with Crippen LogP contribution in [0.3, 0.4) is 0 Å². The third-order valence-electron chi connectivity index (χ3n) is 2.98. The standard InChI is InChI=1S/C17H17BrN2O2/c1-12-6-7-14(13(2)8-12)10-19-20-17(21)11-22-16-5-3-4-15(18)9-16/h3-10H,11H2,1-2H3,(H,20,21)/b19-10+. The molecule has 0 saturated carbocycles. The summed E-state index contributed by atoms with van der Waals surface area (Å²) in [4.78, 5) is 11.7. The molecule has 0 heterocycles. The van der Waals surface area contributed by atoms with Crippen molar-refractivity contribution in [2.24, 2.45) is 5.10 Å². The Kier molecular flexibility index (Phi) is 5.72. The van der Waals surface area contributed by atoms with Crippen LogP contribution in [-0.4, -0.2) is 18.7 Å². The van der Waals surface area contributed by atoms with Crippen molar-refractivity contribution in [3.63, 3.8) is 0 Å². The Morgan fingerprint density at radius 3 is 2.82 bits per heavy atom. The molecule has 1 amide bonds. The van der Waals surface area contributed by atoms with Crippen LogP contribution in [0.5, 0.6) is 5.75 Å². The van der Waals surface area contributed by atoms with E-state index in [2.05, 4.69) is 32.5 Å². The highest BCUT2D eigenvalue weighted by molar-refractivity contribution is 9.10. The van der Waals surface area contributed by atoms with Gasteiger partial charge >= 0.3 is 0 Å². The summed E-state index contributed by atoms with van der Waals surface area (Å²) in [7, 11) is 0. The zero-order valence-electron chi connectivity index (χ0n) is 12.5. The Labute approximate surface area is 138 Å². The SMILES string of the molecule is Cc1ccc(/C=N/NC(=O)COc2cccc(Br)c2)c(C)c1. The van der Waals surface area contributed by atoms with Crippen LogP contribution in [0.2, 0.25) is 0 Å². The van der Waals surface area contributed by atoms with Crippen molar-refractivity contribution < 1.29 is 9.53 Å². The average molecular weight is 361 g/mol. The number of ether oxygens (including phenoxy) is 1. The maximum absolute atomic E-state index is 11.7. The van der Waals surface area contributed by atoms with E-state index in [1.54, 1.807) is 18.3 Å². The fourth-order valence-corrected chi connectivity index (χ4v) is 2.26. The van der Waals surface area contributed by atoms with Crippen LogP contribution in [0.1, 0.15) is 16.7 Å². The molecule has 0 aliphatic rings. The fraction of sp³-hybridized carbons (Fsp3) is 0.176. The zero-order valence-corrected chi connectivity index (χ0v) is 14.1. The van der Waals surface area contributed by atoms with E-state index in [-0.39, 0.29) is 12.5 Å². The lowest BCUT2D eigenvalue weighted by atomic mass is 10.1. The van der Waals surface area contributed by atoms with Crippen molar-refractivity contribution in [1.82, 2.24) is 5.43 Å². The molecule has 1 N–H and O–H groups in total. The van der Waals surface area contributed by atoms with E-state index in [4.69, 9.17) is 4.74 Å². The molecule has 0 radical (unpaired) electrons. The third-order valence-corrected chi connectivity index (χ3v) is 3.48. The number of carbonyl (C=O) groups excluding carboxylic acids is 1. The maximum Gasteiger partial charge on any atom is 0.277 e. The number of nitrogens with one attached hydrogen (secondary N) is 1. The average Bonchev–Trinajstić information content (AvgIpc) is 2.47. The lowest BCUT2D eigenvalue weighted by molar-refractivity contribution is -0.123. The minimum Gasteiger partial charge on any atom is -0.484 e. The second-order valence-electron chi connectivity index (χ2n) is 4.90. The maximum atomic E-state index is 11.7. The van der Waals surface area contributed by atoms with Gasteiger partial charge in [0.1, 0.15) is 5.75 Å². The summed E-state index contributed by atoms with van der Waals surface area (Å²) in [6, 6.07) is 13.4. The molecule has 0 saturated heterocycles. The summed E-state index contributed by atoms with van der Waals surface area (Å²) in [5.41, 5.74) is 5.73. The number of aryl methyl sites for hydroxylation is 2. The van der Waals surface area contributed by atoms with Gasteiger partial charge in [0.15, 0.2) is 6.61 Å². The van der Waals surface area contributed by atoms with Crippen LogP contribution in [0.4, 0.5) is 0 Å². The lowest BCUT2D eigenvalue weighted by Gasteiger charge is -2.05. The van der Waals surface area contributed by atoms with Gasteiger partial charge in [0.2, 0.25) is 0 Å². The fourth-order valence-electron chi connectivity index (χ4n) is 1.88. The number of hydrogen-bond acceptors (Lipinski definition) is 3. The van der Waals surface area contributed by atoms with Crippen LogP contribution in [0.15, 0.2) is 52.0 Å². The number of carbonyl (C=O) groups is 1. The van der Waals surface area contributed by atoms with Gasteiger partial charge in [-0.25, -0.2) is 5.43 Å². The van der Waals surface area contributed by atoms with Crippen LogP contribution in [0, 0.1) is 13.8 Å². The molecule has 4 nitrogen and oxygen atoms in total. The van der Waals surface area contributed by atoms with Gasteiger partial charge in [-0.3, -0.25) is 4.79 Å². The summed E-state index contributed by atoms with van der Waals surface area (Å²) in [5.74, 6) is 0.323. The molecule has 0 bridgehead atoms. The van der Waals surface area contributed by atoms with Gasteiger partial charge in [0.25, 0.3) is 5.91 Å². The normalized spacial score (nSPS) is 10.7. The van der Waals surface area contributed by atoms with Crippen molar-refractivity contribution in [3.05, 3.63) is 63.6 Å². The van der Waals surface area contributed by atoms with Gasteiger partial charge in [0, 0.05) is 4.47 Å². The molecule has 0 unspecified atom stereocenters. The van der Waals surface area contributed by atoms with Gasteiger partial charge in [-0.2, -0.15) is 5.10 Å². The molecule has 0 spiro atoms. The predicted octanol–water partition coefficient (Wildman–Crippen LogP) is 3.60. The smallest absolute Gasteiger partial charge is 0.277 e. The Balaban J connectivity index is 1.83. The van der Waals surface area contributed by atoms with Crippen molar-refractivity contribution >= 4 is 28.1 Å². The first-order valence-corrected chi connectivity index (χ1v) is 7.61. The van der Waals surface area contributed by atoms with Crippen LogP contribution in [0.25, 0.3) is 0 Å². The molecule has 114 valence electrons. The van der Waals surface area contributed by atoms with Crippen LogP contribution >= 0.6 is 15.9 Å². The Hall–Kier alpha value is -2.14. The summed E-state index contributed by atoms with van der Waals surface area (Å²) >= 11 is 3.34. The zero-order chi connectivity index (χ0) is 15.9. The number of halogens is 1. The first kappa shape index (κ1) is 16.2. The molecule has 22 heavy (non-hydrogen) atoms. The predicted molar refractivity (Wildman–Crippen MR) is 91.3 cm³/mol. The van der Waals surface area contributed by atoms with E-state index in [9.17, 15) is 4.79 Å². The van der Waals surface area contributed by atoms with Gasteiger partial charge in [-0.15, -0.1) is 0 Å². The van der Waals surface area contributed by atoms with Gasteiger partial charge < -0.3 is 4.74 Å². The molecular weight excluding hydrogens is 344 g/mol. The molecular formula is C17H17BrN2O2. The van der Waals surface area contributed by atoms with Crippen molar-refractivity contribution in [3.8, 4) is 5.75 Å². The molecule has 0 aliphatic carbocycles.